The number of hydrogen-bond acceptors (Lipinski definition) is 4. The maximum absolute atomic E-state index is 11.3. The van der Waals surface area contributed by atoms with Crippen molar-refractivity contribution in [3.05, 3.63) is 58.1 Å². The fourth-order valence-corrected chi connectivity index (χ4v) is 3.02. The Morgan fingerprint density at radius 1 is 1.33 bits per heavy atom. The molecule has 0 aliphatic rings. The lowest BCUT2D eigenvalue weighted by Crippen LogP contribution is -2.05. The molecule has 0 unspecified atom stereocenters. The summed E-state index contributed by atoms with van der Waals surface area (Å²) in [5.41, 5.74) is 1.40. The fraction of sp³-hybridized carbons (Fsp3) is 0.0714. The Kier molecular flexibility index (Phi) is 3.72. The third-order valence-electron chi connectivity index (χ3n) is 2.91. The summed E-state index contributed by atoms with van der Waals surface area (Å²) in [6.45, 7) is 0.411. The number of halogens is 1. The number of hydrogen-bond donors (Lipinski definition) is 1. The van der Waals surface area contributed by atoms with E-state index in [4.69, 9.17) is 11.6 Å². The molecule has 0 spiro atoms. The summed E-state index contributed by atoms with van der Waals surface area (Å²) in [6, 6.07) is 11.1. The normalized spacial score (nSPS) is 10.7. The first-order chi connectivity index (χ1) is 10.1. The molecule has 0 radical (unpaired) electrons. The molecule has 0 saturated carbocycles. The van der Waals surface area contributed by atoms with Crippen LogP contribution >= 0.6 is 22.9 Å². The molecule has 0 aliphatic heterocycles. The second-order valence-corrected chi connectivity index (χ2v) is 5.74. The fourth-order valence-electron chi connectivity index (χ4n) is 2.03. The van der Waals surface area contributed by atoms with Crippen LogP contribution in [0.5, 0.6) is 0 Å². The molecule has 3 rings (SSSR count). The Morgan fingerprint density at radius 3 is 2.86 bits per heavy atom. The van der Waals surface area contributed by atoms with Crippen molar-refractivity contribution in [1.82, 2.24) is 15.0 Å². The summed E-state index contributed by atoms with van der Waals surface area (Å²) >= 11 is 7.42. The van der Waals surface area contributed by atoms with Gasteiger partial charge in [0, 0.05) is 5.02 Å². The van der Waals surface area contributed by atoms with E-state index >= 15 is 0 Å². The van der Waals surface area contributed by atoms with E-state index in [2.05, 4.69) is 10.3 Å². The molecule has 7 heteroatoms. The van der Waals surface area contributed by atoms with Crippen LogP contribution in [0.15, 0.2) is 41.8 Å². The molecule has 0 atom stereocenters. The number of carboxylic acids is 1. The van der Waals surface area contributed by atoms with Crippen LogP contribution in [0, 0.1) is 0 Å². The molecular formula is C14H10ClN3O2S. The van der Waals surface area contributed by atoms with Crippen molar-refractivity contribution in [1.29, 1.82) is 0 Å². The molecule has 0 fully saturated rings. The standard InChI is InChI=1S/C14H10ClN3O2S/c15-10-4-1-3-9(7-10)8-18-13(11-5-2-6-21-11)12(14(19)20)16-17-18/h1-7H,8H2,(H,19,20). The molecular weight excluding hydrogens is 310 g/mol. The lowest BCUT2D eigenvalue weighted by Gasteiger charge is -2.06. The zero-order chi connectivity index (χ0) is 14.8. The molecule has 2 aromatic heterocycles. The van der Waals surface area contributed by atoms with Gasteiger partial charge in [0.15, 0.2) is 5.69 Å². The van der Waals surface area contributed by atoms with E-state index in [1.165, 1.54) is 11.3 Å². The zero-order valence-corrected chi connectivity index (χ0v) is 12.3. The Balaban J connectivity index is 2.05. The van der Waals surface area contributed by atoms with Crippen molar-refractivity contribution < 1.29 is 9.90 Å². The molecule has 2 heterocycles. The highest BCUT2D eigenvalue weighted by molar-refractivity contribution is 7.13. The van der Waals surface area contributed by atoms with Crippen LogP contribution in [0.25, 0.3) is 10.6 Å². The van der Waals surface area contributed by atoms with Gasteiger partial charge < -0.3 is 5.11 Å². The topological polar surface area (TPSA) is 68.0 Å². The minimum Gasteiger partial charge on any atom is -0.476 e. The van der Waals surface area contributed by atoms with E-state index < -0.39 is 5.97 Å². The van der Waals surface area contributed by atoms with Crippen LogP contribution in [0.4, 0.5) is 0 Å². The van der Waals surface area contributed by atoms with E-state index in [-0.39, 0.29) is 5.69 Å². The van der Waals surface area contributed by atoms with Crippen molar-refractivity contribution in [2.75, 3.05) is 0 Å². The minimum atomic E-state index is -1.09. The molecule has 3 aromatic rings. The first-order valence-corrected chi connectivity index (χ1v) is 7.36. The average molecular weight is 320 g/mol. The second kappa shape index (κ2) is 5.67. The largest absolute Gasteiger partial charge is 0.476 e. The van der Waals surface area contributed by atoms with Crippen molar-refractivity contribution >= 4 is 28.9 Å². The second-order valence-electron chi connectivity index (χ2n) is 4.36. The van der Waals surface area contributed by atoms with Gasteiger partial charge in [-0.05, 0) is 29.1 Å². The number of carbonyl (C=O) groups is 1. The Morgan fingerprint density at radius 2 is 2.19 bits per heavy atom. The van der Waals surface area contributed by atoms with Gasteiger partial charge in [-0.3, -0.25) is 0 Å². The zero-order valence-electron chi connectivity index (χ0n) is 10.7. The van der Waals surface area contributed by atoms with Crippen LogP contribution in [-0.4, -0.2) is 26.1 Å². The van der Waals surface area contributed by atoms with Gasteiger partial charge in [-0.15, -0.1) is 16.4 Å². The van der Waals surface area contributed by atoms with Gasteiger partial charge in [-0.2, -0.15) is 0 Å². The van der Waals surface area contributed by atoms with Gasteiger partial charge in [0.2, 0.25) is 0 Å². The molecule has 0 aliphatic carbocycles. The molecule has 1 aromatic carbocycles. The summed E-state index contributed by atoms with van der Waals surface area (Å²) < 4.78 is 1.58. The van der Waals surface area contributed by atoms with Gasteiger partial charge in [0.05, 0.1) is 11.4 Å². The Hall–Kier alpha value is -2.18. The Bertz CT molecular complexity index is 783. The van der Waals surface area contributed by atoms with Gasteiger partial charge in [-0.1, -0.05) is 35.0 Å². The number of carboxylic acid groups (broad SMARTS) is 1. The maximum atomic E-state index is 11.3. The molecule has 0 bridgehead atoms. The quantitative estimate of drug-likeness (QED) is 0.800. The van der Waals surface area contributed by atoms with Crippen LogP contribution in [0.3, 0.4) is 0 Å². The van der Waals surface area contributed by atoms with Gasteiger partial charge in [-0.25, -0.2) is 9.48 Å². The van der Waals surface area contributed by atoms with E-state index in [0.29, 0.717) is 17.3 Å². The van der Waals surface area contributed by atoms with Crippen molar-refractivity contribution in [2.24, 2.45) is 0 Å². The predicted octanol–water partition coefficient (Wildman–Crippen LogP) is 3.41. The number of rotatable bonds is 4. The number of aromatic nitrogens is 3. The van der Waals surface area contributed by atoms with Crippen molar-refractivity contribution in [3.63, 3.8) is 0 Å². The monoisotopic (exact) mass is 319 g/mol. The molecule has 0 amide bonds. The summed E-state index contributed by atoms with van der Waals surface area (Å²) in [6.07, 6.45) is 0. The smallest absolute Gasteiger partial charge is 0.358 e. The lowest BCUT2D eigenvalue weighted by atomic mass is 10.2. The third kappa shape index (κ3) is 2.81. The van der Waals surface area contributed by atoms with E-state index in [9.17, 15) is 9.90 Å². The van der Waals surface area contributed by atoms with Gasteiger partial charge in [0.25, 0.3) is 0 Å². The highest BCUT2D eigenvalue weighted by Crippen LogP contribution is 2.27. The molecule has 106 valence electrons. The average Bonchev–Trinajstić information content (AvgIpc) is 3.06. The Labute approximate surface area is 129 Å². The number of benzene rings is 1. The summed E-state index contributed by atoms with van der Waals surface area (Å²) in [7, 11) is 0. The first kappa shape index (κ1) is 13.8. The van der Waals surface area contributed by atoms with Crippen LogP contribution in [0.1, 0.15) is 16.1 Å². The van der Waals surface area contributed by atoms with Crippen LogP contribution < -0.4 is 0 Å². The first-order valence-electron chi connectivity index (χ1n) is 6.10. The number of aromatic carboxylic acids is 1. The van der Waals surface area contributed by atoms with Crippen molar-refractivity contribution in [2.45, 2.75) is 6.54 Å². The lowest BCUT2D eigenvalue weighted by molar-refractivity contribution is 0.0691. The molecule has 1 N–H and O–H groups in total. The highest BCUT2D eigenvalue weighted by atomic mass is 35.5. The van der Waals surface area contributed by atoms with E-state index in [1.54, 1.807) is 10.7 Å². The third-order valence-corrected chi connectivity index (χ3v) is 4.03. The maximum Gasteiger partial charge on any atom is 0.358 e. The van der Waals surface area contributed by atoms with Gasteiger partial charge in [0.1, 0.15) is 5.69 Å². The summed E-state index contributed by atoms with van der Waals surface area (Å²) in [5, 5.41) is 19.5. The highest BCUT2D eigenvalue weighted by Gasteiger charge is 2.21. The number of thiophene rings is 1. The van der Waals surface area contributed by atoms with E-state index in [0.717, 1.165) is 10.4 Å². The molecule has 5 nitrogen and oxygen atoms in total. The van der Waals surface area contributed by atoms with Crippen LogP contribution in [-0.2, 0) is 6.54 Å². The van der Waals surface area contributed by atoms with Crippen molar-refractivity contribution in [3.8, 4) is 10.6 Å². The number of nitrogens with zero attached hydrogens (tertiary/aromatic N) is 3. The SMILES string of the molecule is O=C(O)c1nnn(Cc2cccc(Cl)c2)c1-c1cccs1. The molecule has 21 heavy (non-hydrogen) atoms. The predicted molar refractivity (Wildman–Crippen MR) is 80.8 cm³/mol. The summed E-state index contributed by atoms with van der Waals surface area (Å²) in [5.74, 6) is -1.09. The summed E-state index contributed by atoms with van der Waals surface area (Å²) in [4.78, 5) is 12.1. The minimum absolute atomic E-state index is 0.0421. The molecule has 0 saturated heterocycles. The van der Waals surface area contributed by atoms with Crippen LogP contribution in [0.2, 0.25) is 5.02 Å². The van der Waals surface area contributed by atoms with Gasteiger partial charge >= 0.3 is 5.97 Å². The van der Waals surface area contributed by atoms with E-state index in [1.807, 2.05) is 35.7 Å².